The van der Waals surface area contributed by atoms with Gasteiger partial charge in [0.25, 0.3) is 0 Å². The summed E-state index contributed by atoms with van der Waals surface area (Å²) in [5.41, 5.74) is 2.40. The number of rotatable bonds is 4. The van der Waals surface area contributed by atoms with Crippen molar-refractivity contribution in [2.45, 2.75) is 13.5 Å². The molecule has 0 saturated heterocycles. The highest BCUT2D eigenvalue weighted by Gasteiger charge is 2.17. The quantitative estimate of drug-likeness (QED) is 0.844. The van der Waals surface area contributed by atoms with E-state index >= 15 is 0 Å². The lowest BCUT2D eigenvalue weighted by molar-refractivity contribution is 0.306. The van der Waals surface area contributed by atoms with Crippen molar-refractivity contribution in [2.24, 2.45) is 0 Å². The van der Waals surface area contributed by atoms with Gasteiger partial charge in [0.15, 0.2) is 0 Å². The predicted molar refractivity (Wildman–Crippen MR) is 81.5 cm³/mol. The molecule has 0 heterocycles. The summed E-state index contributed by atoms with van der Waals surface area (Å²) in [5, 5.41) is 28.0. The Kier molecular flexibility index (Phi) is 4.87. The van der Waals surface area contributed by atoms with Crippen molar-refractivity contribution in [3.05, 3.63) is 58.1 Å². The lowest BCUT2D eigenvalue weighted by Gasteiger charge is -2.12. The molecule has 2 aromatic rings. The van der Waals surface area contributed by atoms with E-state index in [1.165, 1.54) is 0 Å². The number of benzene rings is 2. The zero-order valence-electron chi connectivity index (χ0n) is 11.4. The summed E-state index contributed by atoms with van der Waals surface area (Å²) in [5.74, 6) is 0.385. The molecule has 0 fully saturated rings. The number of ether oxygens (including phenoxy) is 1. The van der Waals surface area contributed by atoms with E-state index in [1.54, 1.807) is 30.3 Å². The highest BCUT2D eigenvalue weighted by Crippen LogP contribution is 2.20. The normalized spacial score (nSPS) is 10.0. The third-order valence-electron chi connectivity index (χ3n) is 3.01. The van der Waals surface area contributed by atoms with Crippen LogP contribution in [0.15, 0.2) is 36.4 Å². The topological polar surface area (TPSA) is 73.5 Å². The Balaban J connectivity index is 2.19. The molecule has 0 aliphatic rings. The first-order valence-corrected chi connectivity index (χ1v) is 6.67. The van der Waals surface area contributed by atoms with Gasteiger partial charge in [-0.05, 0) is 25.1 Å². The lowest BCUT2D eigenvalue weighted by atomic mass is 9.79. The van der Waals surface area contributed by atoms with E-state index in [2.05, 4.69) is 0 Å². The lowest BCUT2D eigenvalue weighted by Crippen LogP contribution is -2.31. The summed E-state index contributed by atoms with van der Waals surface area (Å²) in [4.78, 5) is 0. The molecule has 106 valence electrons. The van der Waals surface area contributed by atoms with Gasteiger partial charge in [-0.3, -0.25) is 0 Å². The van der Waals surface area contributed by atoms with Crippen molar-refractivity contribution in [1.82, 2.24) is 0 Å². The summed E-state index contributed by atoms with van der Waals surface area (Å²) in [6.45, 7) is 2.03. The van der Waals surface area contributed by atoms with Crippen LogP contribution in [0.25, 0.3) is 0 Å². The average molecular weight is 302 g/mol. The van der Waals surface area contributed by atoms with Crippen molar-refractivity contribution in [3.8, 4) is 11.8 Å². The first-order chi connectivity index (χ1) is 10.0. The van der Waals surface area contributed by atoms with Crippen LogP contribution in [0.5, 0.6) is 5.75 Å². The van der Waals surface area contributed by atoms with Crippen molar-refractivity contribution in [3.63, 3.8) is 0 Å². The molecule has 2 rings (SSSR count). The van der Waals surface area contributed by atoms with Crippen LogP contribution in [0.3, 0.4) is 0 Å². The third-order valence-corrected chi connectivity index (χ3v) is 3.36. The van der Waals surface area contributed by atoms with Crippen LogP contribution >= 0.6 is 11.6 Å². The summed E-state index contributed by atoms with van der Waals surface area (Å²) in [7, 11) is -1.60. The first-order valence-electron chi connectivity index (χ1n) is 6.29. The average Bonchev–Trinajstić information content (AvgIpc) is 2.46. The highest BCUT2D eigenvalue weighted by molar-refractivity contribution is 6.59. The van der Waals surface area contributed by atoms with Crippen LogP contribution in [0.1, 0.15) is 16.7 Å². The molecule has 0 aliphatic carbocycles. The van der Waals surface area contributed by atoms with Gasteiger partial charge in [-0.15, -0.1) is 0 Å². The maximum Gasteiger partial charge on any atom is 0.492 e. The predicted octanol–water partition coefficient (Wildman–Crippen LogP) is 1.78. The molecule has 0 radical (unpaired) electrons. The monoisotopic (exact) mass is 301 g/mol. The van der Waals surface area contributed by atoms with Crippen LogP contribution in [-0.2, 0) is 6.61 Å². The summed E-state index contributed by atoms with van der Waals surface area (Å²) in [6.07, 6.45) is 0. The summed E-state index contributed by atoms with van der Waals surface area (Å²) >= 11 is 6.07. The van der Waals surface area contributed by atoms with Crippen LogP contribution in [0.4, 0.5) is 0 Å². The third kappa shape index (κ3) is 3.76. The SMILES string of the molecule is Cc1ccc(OCc2ccc(C#N)cc2Cl)c(B(O)O)c1. The Morgan fingerprint density at radius 3 is 2.62 bits per heavy atom. The number of aryl methyl sites for hydroxylation is 1. The van der Waals surface area contributed by atoms with Crippen LogP contribution < -0.4 is 10.2 Å². The van der Waals surface area contributed by atoms with Crippen molar-refractivity contribution in [2.75, 3.05) is 0 Å². The number of nitrogens with zero attached hydrogens (tertiary/aromatic N) is 1. The summed E-state index contributed by atoms with van der Waals surface area (Å²) in [6, 6.07) is 12.1. The van der Waals surface area contributed by atoms with Gasteiger partial charge in [0.2, 0.25) is 0 Å². The molecule has 0 spiro atoms. The molecule has 0 aliphatic heterocycles. The molecule has 0 saturated carbocycles. The van der Waals surface area contributed by atoms with E-state index in [0.29, 0.717) is 21.8 Å². The fourth-order valence-corrected chi connectivity index (χ4v) is 2.13. The maximum atomic E-state index is 9.36. The molecule has 4 nitrogen and oxygen atoms in total. The minimum atomic E-state index is -1.60. The van der Waals surface area contributed by atoms with Gasteiger partial charge in [-0.1, -0.05) is 35.4 Å². The van der Waals surface area contributed by atoms with Crippen LogP contribution in [0.2, 0.25) is 5.02 Å². The Morgan fingerprint density at radius 2 is 2.00 bits per heavy atom. The van der Waals surface area contributed by atoms with Gasteiger partial charge in [0.05, 0.1) is 11.6 Å². The van der Waals surface area contributed by atoms with Gasteiger partial charge >= 0.3 is 7.12 Å². The molecule has 0 bridgehead atoms. The minimum Gasteiger partial charge on any atom is -0.489 e. The zero-order chi connectivity index (χ0) is 15.4. The summed E-state index contributed by atoms with van der Waals surface area (Å²) < 4.78 is 5.61. The van der Waals surface area contributed by atoms with Crippen molar-refractivity contribution < 1.29 is 14.8 Å². The second kappa shape index (κ2) is 6.64. The molecule has 0 unspecified atom stereocenters. The standard InChI is InChI=1S/C15H13BClNO3/c1-10-2-5-15(13(6-10)16(19)20)21-9-12-4-3-11(8-18)7-14(12)17/h2-7,19-20H,9H2,1H3. The maximum absolute atomic E-state index is 9.36. The second-order valence-corrected chi connectivity index (χ2v) is 5.03. The highest BCUT2D eigenvalue weighted by atomic mass is 35.5. The Hall–Kier alpha value is -2.00. The number of hydrogen-bond acceptors (Lipinski definition) is 4. The fraction of sp³-hybridized carbons (Fsp3) is 0.133. The van der Waals surface area contributed by atoms with Crippen LogP contribution in [0, 0.1) is 18.3 Å². The van der Waals surface area contributed by atoms with E-state index in [0.717, 1.165) is 11.1 Å². The first kappa shape index (κ1) is 15.4. The number of halogens is 1. The Labute approximate surface area is 128 Å². The molecule has 0 amide bonds. The van der Waals surface area contributed by atoms with Crippen molar-refractivity contribution in [1.29, 1.82) is 5.26 Å². The van der Waals surface area contributed by atoms with Crippen LogP contribution in [-0.4, -0.2) is 17.2 Å². The molecule has 2 N–H and O–H groups in total. The van der Waals surface area contributed by atoms with Gasteiger partial charge in [0.1, 0.15) is 12.4 Å². The largest absolute Gasteiger partial charge is 0.492 e. The van der Waals surface area contributed by atoms with E-state index in [1.807, 2.05) is 19.1 Å². The van der Waals surface area contributed by atoms with Gasteiger partial charge in [-0.2, -0.15) is 5.26 Å². The number of nitriles is 1. The smallest absolute Gasteiger partial charge is 0.489 e. The molecular formula is C15H13BClNO3. The zero-order valence-corrected chi connectivity index (χ0v) is 12.1. The molecule has 2 aromatic carbocycles. The minimum absolute atomic E-state index is 0.174. The van der Waals surface area contributed by atoms with E-state index in [4.69, 9.17) is 21.6 Å². The molecule has 0 aromatic heterocycles. The number of hydrogen-bond donors (Lipinski definition) is 2. The molecule has 21 heavy (non-hydrogen) atoms. The Morgan fingerprint density at radius 1 is 1.24 bits per heavy atom. The van der Waals surface area contributed by atoms with Gasteiger partial charge in [-0.25, -0.2) is 0 Å². The van der Waals surface area contributed by atoms with Crippen molar-refractivity contribution >= 4 is 24.2 Å². The molecular weight excluding hydrogens is 288 g/mol. The van der Waals surface area contributed by atoms with Gasteiger partial charge in [0, 0.05) is 16.0 Å². The van der Waals surface area contributed by atoms with E-state index in [-0.39, 0.29) is 6.61 Å². The van der Waals surface area contributed by atoms with E-state index in [9.17, 15) is 10.0 Å². The van der Waals surface area contributed by atoms with E-state index < -0.39 is 7.12 Å². The fourth-order valence-electron chi connectivity index (χ4n) is 1.89. The second-order valence-electron chi connectivity index (χ2n) is 4.62. The Bertz CT molecular complexity index is 698. The molecule has 6 heteroatoms. The van der Waals surface area contributed by atoms with Gasteiger partial charge < -0.3 is 14.8 Å². The molecule has 0 atom stereocenters.